The van der Waals surface area contributed by atoms with Gasteiger partial charge in [0.1, 0.15) is 0 Å². The van der Waals surface area contributed by atoms with Crippen LogP contribution in [0.5, 0.6) is 0 Å². The summed E-state index contributed by atoms with van der Waals surface area (Å²) in [4.78, 5) is 29.8. The predicted octanol–water partition coefficient (Wildman–Crippen LogP) is 3.96. The highest BCUT2D eigenvalue weighted by molar-refractivity contribution is 7.12. The van der Waals surface area contributed by atoms with E-state index in [9.17, 15) is 9.59 Å². The Hall–Kier alpha value is -2.05. The summed E-state index contributed by atoms with van der Waals surface area (Å²) in [5.41, 5.74) is 1.58. The van der Waals surface area contributed by atoms with E-state index in [2.05, 4.69) is 5.32 Å². The van der Waals surface area contributed by atoms with Crippen LogP contribution in [0.3, 0.4) is 0 Å². The lowest BCUT2D eigenvalue weighted by molar-refractivity contribution is -0.121. The normalized spacial score (nSPS) is 17.0. The molecule has 26 heavy (non-hydrogen) atoms. The molecule has 1 aromatic heterocycles. The molecule has 138 valence electrons. The van der Waals surface area contributed by atoms with Crippen LogP contribution < -0.4 is 10.2 Å². The third kappa shape index (κ3) is 4.19. The number of halogens is 1. The Morgan fingerprint density at radius 1 is 1.31 bits per heavy atom. The number of likely N-dealkylation sites (tertiary alicyclic amines) is 1. The van der Waals surface area contributed by atoms with Crippen molar-refractivity contribution in [2.75, 3.05) is 37.4 Å². The molecular formula is C19H22ClN3O2S. The molecule has 7 heteroatoms. The molecule has 1 saturated heterocycles. The van der Waals surface area contributed by atoms with Crippen molar-refractivity contribution in [1.29, 1.82) is 0 Å². The number of thiophene rings is 1. The zero-order chi connectivity index (χ0) is 18.7. The summed E-state index contributed by atoms with van der Waals surface area (Å²) in [7, 11) is 3.84. The van der Waals surface area contributed by atoms with Gasteiger partial charge in [-0.05, 0) is 42.5 Å². The molecule has 3 rings (SSSR count). The molecule has 0 saturated carbocycles. The molecule has 1 fully saturated rings. The summed E-state index contributed by atoms with van der Waals surface area (Å²) < 4.78 is 0. The van der Waals surface area contributed by atoms with E-state index in [1.54, 1.807) is 17.0 Å². The summed E-state index contributed by atoms with van der Waals surface area (Å²) in [6.45, 7) is 1.14. The van der Waals surface area contributed by atoms with Crippen LogP contribution in [0.15, 0.2) is 35.7 Å². The molecule has 0 aliphatic carbocycles. The number of nitrogens with zero attached hydrogens (tertiary/aromatic N) is 2. The SMILES string of the molecule is CN(C)c1ccc(Cl)cc1NC(=O)C1CCCN(C(=O)c2cccs2)C1. The van der Waals surface area contributed by atoms with Crippen LogP contribution in [0.1, 0.15) is 22.5 Å². The Labute approximate surface area is 162 Å². The van der Waals surface area contributed by atoms with Crippen LogP contribution in [0.4, 0.5) is 11.4 Å². The van der Waals surface area contributed by atoms with Crippen molar-refractivity contribution in [2.24, 2.45) is 5.92 Å². The molecule has 0 spiro atoms. The molecule has 1 aliphatic heterocycles. The average Bonchev–Trinajstić information content (AvgIpc) is 3.15. The summed E-state index contributed by atoms with van der Waals surface area (Å²) in [6, 6.07) is 9.13. The molecule has 1 aliphatic rings. The maximum atomic E-state index is 12.8. The second kappa shape index (κ2) is 8.10. The molecule has 1 atom stereocenters. The average molecular weight is 392 g/mol. The van der Waals surface area contributed by atoms with E-state index in [1.807, 2.05) is 42.6 Å². The lowest BCUT2D eigenvalue weighted by Gasteiger charge is -2.32. The smallest absolute Gasteiger partial charge is 0.263 e. The topological polar surface area (TPSA) is 52.7 Å². The molecule has 2 heterocycles. The largest absolute Gasteiger partial charge is 0.376 e. The van der Waals surface area contributed by atoms with E-state index in [4.69, 9.17) is 11.6 Å². The molecule has 1 unspecified atom stereocenters. The summed E-state index contributed by atoms with van der Waals surface area (Å²) in [6.07, 6.45) is 1.60. The third-order valence-corrected chi connectivity index (χ3v) is 5.60. The van der Waals surface area contributed by atoms with E-state index in [0.717, 1.165) is 23.4 Å². The summed E-state index contributed by atoms with van der Waals surface area (Å²) >= 11 is 7.52. The monoisotopic (exact) mass is 391 g/mol. The van der Waals surface area contributed by atoms with Gasteiger partial charge in [0.25, 0.3) is 5.91 Å². The van der Waals surface area contributed by atoms with Crippen molar-refractivity contribution in [2.45, 2.75) is 12.8 Å². The number of nitrogens with one attached hydrogen (secondary N) is 1. The standard InChI is InChI=1S/C19H22ClN3O2S/c1-22(2)16-8-7-14(20)11-15(16)21-18(24)13-5-3-9-23(12-13)19(25)17-6-4-10-26-17/h4,6-8,10-11,13H,3,5,9,12H2,1-2H3,(H,21,24). The van der Waals surface area contributed by atoms with E-state index in [1.165, 1.54) is 11.3 Å². The van der Waals surface area contributed by atoms with Gasteiger partial charge in [0.15, 0.2) is 0 Å². The number of hydrogen-bond donors (Lipinski definition) is 1. The third-order valence-electron chi connectivity index (χ3n) is 4.51. The maximum absolute atomic E-state index is 12.8. The van der Waals surface area contributed by atoms with Gasteiger partial charge in [0, 0.05) is 32.2 Å². The van der Waals surface area contributed by atoms with Crippen LogP contribution in [-0.2, 0) is 4.79 Å². The number of carbonyl (C=O) groups excluding carboxylic acids is 2. The Kier molecular flexibility index (Phi) is 5.84. The number of hydrogen-bond acceptors (Lipinski definition) is 4. The second-order valence-corrected chi connectivity index (χ2v) is 8.00. The number of rotatable bonds is 4. The second-order valence-electron chi connectivity index (χ2n) is 6.61. The molecular weight excluding hydrogens is 370 g/mol. The Bertz CT molecular complexity index is 792. The van der Waals surface area contributed by atoms with Crippen LogP contribution in [0.2, 0.25) is 5.02 Å². The first kappa shape index (κ1) is 18.7. The quantitative estimate of drug-likeness (QED) is 0.858. The molecule has 2 aromatic rings. The lowest BCUT2D eigenvalue weighted by atomic mass is 9.96. The zero-order valence-electron chi connectivity index (χ0n) is 14.9. The highest BCUT2D eigenvalue weighted by atomic mass is 35.5. The number of amides is 2. The molecule has 1 aromatic carbocycles. The van der Waals surface area contributed by atoms with E-state index in [-0.39, 0.29) is 17.7 Å². The van der Waals surface area contributed by atoms with Crippen molar-refractivity contribution in [1.82, 2.24) is 4.90 Å². The van der Waals surface area contributed by atoms with Crippen molar-refractivity contribution in [3.8, 4) is 0 Å². The van der Waals surface area contributed by atoms with Crippen LogP contribution in [-0.4, -0.2) is 43.9 Å². The molecule has 0 radical (unpaired) electrons. The van der Waals surface area contributed by atoms with E-state index >= 15 is 0 Å². The Morgan fingerprint density at radius 3 is 2.81 bits per heavy atom. The van der Waals surface area contributed by atoms with Gasteiger partial charge in [0.2, 0.25) is 5.91 Å². The first-order chi connectivity index (χ1) is 12.5. The molecule has 0 bridgehead atoms. The maximum Gasteiger partial charge on any atom is 0.263 e. The zero-order valence-corrected chi connectivity index (χ0v) is 16.4. The highest BCUT2D eigenvalue weighted by Gasteiger charge is 2.29. The van der Waals surface area contributed by atoms with Gasteiger partial charge in [-0.25, -0.2) is 0 Å². The van der Waals surface area contributed by atoms with E-state index in [0.29, 0.717) is 23.8 Å². The highest BCUT2D eigenvalue weighted by Crippen LogP contribution is 2.29. The van der Waals surface area contributed by atoms with Gasteiger partial charge in [-0.2, -0.15) is 0 Å². The van der Waals surface area contributed by atoms with Gasteiger partial charge < -0.3 is 15.1 Å². The number of carbonyl (C=O) groups is 2. The van der Waals surface area contributed by atoms with Crippen LogP contribution in [0, 0.1) is 5.92 Å². The first-order valence-electron chi connectivity index (χ1n) is 8.56. The van der Waals surface area contributed by atoms with E-state index < -0.39 is 0 Å². The Balaban J connectivity index is 1.70. The number of benzene rings is 1. The van der Waals surface area contributed by atoms with Gasteiger partial charge in [-0.1, -0.05) is 17.7 Å². The van der Waals surface area contributed by atoms with Crippen molar-refractivity contribution in [3.63, 3.8) is 0 Å². The van der Waals surface area contributed by atoms with Gasteiger partial charge in [-0.15, -0.1) is 11.3 Å². The predicted molar refractivity (Wildman–Crippen MR) is 107 cm³/mol. The minimum absolute atomic E-state index is 0.00855. The summed E-state index contributed by atoms with van der Waals surface area (Å²) in [5, 5.41) is 5.46. The fourth-order valence-corrected chi connectivity index (χ4v) is 4.03. The van der Waals surface area contributed by atoms with Gasteiger partial charge in [0.05, 0.1) is 22.2 Å². The van der Waals surface area contributed by atoms with Crippen molar-refractivity contribution < 1.29 is 9.59 Å². The minimum Gasteiger partial charge on any atom is -0.376 e. The minimum atomic E-state index is -0.221. The van der Waals surface area contributed by atoms with Crippen LogP contribution >= 0.6 is 22.9 Å². The lowest BCUT2D eigenvalue weighted by Crippen LogP contribution is -2.43. The molecule has 1 N–H and O–H groups in total. The molecule has 5 nitrogen and oxygen atoms in total. The fourth-order valence-electron chi connectivity index (χ4n) is 3.16. The summed E-state index contributed by atoms with van der Waals surface area (Å²) in [5.74, 6) is -0.282. The van der Waals surface area contributed by atoms with Crippen LogP contribution in [0.25, 0.3) is 0 Å². The van der Waals surface area contributed by atoms with Crippen molar-refractivity contribution >= 4 is 46.1 Å². The van der Waals surface area contributed by atoms with Gasteiger partial charge in [-0.3, -0.25) is 9.59 Å². The number of piperidine rings is 1. The Morgan fingerprint density at radius 2 is 2.12 bits per heavy atom. The fraction of sp³-hybridized carbons (Fsp3) is 0.368. The van der Waals surface area contributed by atoms with Gasteiger partial charge >= 0.3 is 0 Å². The number of anilines is 2. The molecule has 2 amide bonds. The van der Waals surface area contributed by atoms with Crippen molar-refractivity contribution in [3.05, 3.63) is 45.6 Å². The first-order valence-corrected chi connectivity index (χ1v) is 9.82.